The number of benzene rings is 1. The average Bonchev–Trinajstić information content (AvgIpc) is 0.748. The molecule has 102 heavy (non-hydrogen) atoms. The van der Waals surface area contributed by atoms with Crippen LogP contribution in [0.5, 0.6) is 0 Å². The first kappa shape index (κ1) is 89.2. The smallest absolute Gasteiger partial charge is 0.326 e. The number of carbonyl (C=O) groups is 16. The molecule has 1 aromatic carbocycles. The van der Waals surface area contributed by atoms with Crippen molar-refractivity contribution in [2.24, 2.45) is 11.8 Å². The monoisotopic (exact) mass is 1470 g/mol. The van der Waals surface area contributed by atoms with Crippen molar-refractivity contribution in [1.29, 1.82) is 0 Å². The first-order valence-corrected chi connectivity index (χ1v) is 35.6. The summed E-state index contributed by atoms with van der Waals surface area (Å²) in [6.07, 6.45) is -4.24. The normalized spacial score (nSPS) is 15.8. The van der Waals surface area contributed by atoms with Crippen molar-refractivity contribution in [2.75, 3.05) is 85.1 Å². The minimum Gasteiger partial charge on any atom is -0.481 e. The first-order valence-electron chi connectivity index (χ1n) is 33.7. The summed E-state index contributed by atoms with van der Waals surface area (Å²) in [7, 11) is -3.81. The van der Waals surface area contributed by atoms with Gasteiger partial charge in [-0.1, -0.05) is 60.1 Å². The molecule has 34 nitrogen and oxygen atoms in total. The molecule has 0 radical (unpaired) electrons. The Morgan fingerprint density at radius 1 is 0.431 bits per heavy atom. The summed E-state index contributed by atoms with van der Waals surface area (Å²) >= 11 is 0. The fraction of sp³-hybridized carbons (Fsp3) is 0.667. The molecule has 1 saturated heterocycles. The zero-order valence-electron chi connectivity index (χ0n) is 58.7. The van der Waals surface area contributed by atoms with E-state index in [-0.39, 0.29) is 141 Å². The van der Waals surface area contributed by atoms with E-state index < -0.39 is 208 Å². The second kappa shape index (κ2) is 43.8. The summed E-state index contributed by atoms with van der Waals surface area (Å²) < 4.78 is 17.2. The molecule has 5 amide bonds. The summed E-state index contributed by atoms with van der Waals surface area (Å²) in [6, 6.07) is -0.401. The van der Waals surface area contributed by atoms with Crippen LogP contribution < -0.4 is 31.8 Å². The number of ketones is 2. The number of carbonyl (C=O) groups excluding carboxylic acids is 7. The van der Waals surface area contributed by atoms with Gasteiger partial charge in [0.25, 0.3) is 14.3 Å². The van der Waals surface area contributed by atoms with Gasteiger partial charge < -0.3 is 76.7 Å². The fourth-order valence-electron chi connectivity index (χ4n) is 12.0. The molecule has 2 rings (SSSR count). The molecular formula is C66H102FN9O25Si. The van der Waals surface area contributed by atoms with E-state index in [0.29, 0.717) is 5.19 Å². The van der Waals surface area contributed by atoms with E-state index in [1.165, 1.54) is 43.9 Å². The fourth-order valence-corrected chi connectivity index (χ4v) is 16.6. The quantitative estimate of drug-likeness (QED) is 0.0246. The minimum absolute atomic E-state index is 0.0109. The second-order valence-electron chi connectivity index (χ2n) is 27.5. The third-order valence-corrected chi connectivity index (χ3v) is 22.7. The maximum atomic E-state index is 17.2. The lowest BCUT2D eigenvalue weighted by molar-refractivity contribution is -0.147. The average molecular weight is 1470 g/mol. The van der Waals surface area contributed by atoms with Crippen LogP contribution in [-0.4, -0.2) is 278 Å². The second-order valence-corrected chi connectivity index (χ2v) is 32.4. The number of Topliss-reactive ketones (excluding diaryl/α,β-unsaturated/α-hetero) is 2. The third kappa shape index (κ3) is 33.3. The van der Waals surface area contributed by atoms with Crippen molar-refractivity contribution in [3.05, 3.63) is 29.8 Å². The number of carboxylic acids is 9. The van der Waals surface area contributed by atoms with Crippen LogP contribution in [0, 0.1) is 11.8 Å². The Kier molecular flexibility index (Phi) is 38.3. The van der Waals surface area contributed by atoms with Crippen LogP contribution in [0.1, 0.15) is 161 Å². The molecule has 1 fully saturated rings. The molecule has 1 aromatic rings. The number of hydrogen-bond donors (Lipinski definition) is 14. The van der Waals surface area contributed by atoms with Gasteiger partial charge in [-0.15, -0.1) is 0 Å². The van der Waals surface area contributed by atoms with Gasteiger partial charge in [0.2, 0.25) is 23.6 Å². The van der Waals surface area contributed by atoms with Gasteiger partial charge in [-0.2, -0.15) is 0 Å². The number of aliphatic carboxylic acids is 9. The topological polar surface area (TPSA) is 528 Å². The van der Waals surface area contributed by atoms with Gasteiger partial charge in [0.05, 0.1) is 31.5 Å². The highest BCUT2D eigenvalue weighted by Gasteiger charge is 2.56. The molecule has 1 aliphatic rings. The lowest BCUT2D eigenvalue weighted by atomic mass is 9.90. The largest absolute Gasteiger partial charge is 0.481 e. The number of unbranched alkanes of at least 4 members (excludes halogenated alkanes) is 2. The molecule has 0 spiro atoms. The SMILES string of the molecule is CC(C)(C)[Si](F)(c1ccc(C(=O)N[C@H](CNC(=O)CCC(C(=O)O)N2CCN(CC(=O)O)CCN(CC(=O)O)CCN(CC(=O)O)CC2)C(=O)N[C@H](CCCCNC(=O)CCC(=O)CCCC[C@@H](NC(=O)CC[C@H](CC(=O)C[C@@H](CCC(=O)O)C(=O)O)C(=O)O)C(=O)O)C(=O)O)cc1)C(C)(C)C. The molecule has 1 unspecified atom stereocenters. The maximum Gasteiger partial charge on any atom is 0.326 e. The Balaban J connectivity index is 2.13. The van der Waals surface area contributed by atoms with Crippen molar-refractivity contribution in [3.8, 4) is 0 Å². The van der Waals surface area contributed by atoms with Crippen molar-refractivity contribution in [1.82, 2.24) is 46.2 Å². The lowest BCUT2D eigenvalue weighted by Crippen LogP contribution is -2.58. The molecule has 0 aliphatic carbocycles. The highest BCUT2D eigenvalue weighted by atomic mass is 28.4. The minimum atomic E-state index is -3.81. The van der Waals surface area contributed by atoms with E-state index in [2.05, 4.69) is 26.6 Å². The predicted octanol–water partition coefficient (Wildman–Crippen LogP) is 1.06. The highest BCUT2D eigenvalue weighted by Crippen LogP contribution is 2.51. The van der Waals surface area contributed by atoms with Crippen molar-refractivity contribution >= 4 is 108 Å². The molecule has 572 valence electrons. The zero-order valence-corrected chi connectivity index (χ0v) is 59.7. The van der Waals surface area contributed by atoms with Crippen LogP contribution in [0.4, 0.5) is 4.11 Å². The molecule has 0 aromatic heterocycles. The number of nitrogens with zero attached hydrogens (tertiary/aromatic N) is 4. The van der Waals surface area contributed by atoms with Crippen molar-refractivity contribution < 1.29 is 127 Å². The van der Waals surface area contributed by atoms with Gasteiger partial charge in [-0.3, -0.25) is 86.7 Å². The van der Waals surface area contributed by atoms with Crippen LogP contribution in [-0.2, 0) is 71.9 Å². The number of rotatable bonds is 46. The number of amides is 5. The summed E-state index contributed by atoms with van der Waals surface area (Å²) in [6.45, 7) is 8.74. The number of hydrogen-bond acceptors (Lipinski definition) is 20. The first-order chi connectivity index (χ1) is 47.5. The summed E-state index contributed by atoms with van der Waals surface area (Å²) in [5.41, 5.74) is -0.0282. The summed E-state index contributed by atoms with van der Waals surface area (Å²) in [5.74, 6) is -20.1. The third-order valence-electron chi connectivity index (χ3n) is 17.4. The molecule has 0 bridgehead atoms. The van der Waals surface area contributed by atoms with E-state index in [0.717, 1.165) is 0 Å². The Hall–Kier alpha value is -8.87. The Bertz CT molecular complexity index is 3040. The highest BCUT2D eigenvalue weighted by molar-refractivity contribution is 6.90. The Morgan fingerprint density at radius 3 is 1.31 bits per heavy atom. The van der Waals surface area contributed by atoms with E-state index in [4.69, 9.17) is 5.11 Å². The number of halogens is 1. The van der Waals surface area contributed by atoms with Gasteiger partial charge in [-0.05, 0) is 78.8 Å². The Morgan fingerprint density at radius 2 is 0.873 bits per heavy atom. The van der Waals surface area contributed by atoms with Gasteiger partial charge in [0.1, 0.15) is 35.7 Å². The number of carboxylic acid groups (broad SMARTS) is 9. The molecule has 1 heterocycles. The number of nitrogens with one attached hydrogen (secondary N) is 5. The molecule has 1 aliphatic heterocycles. The summed E-state index contributed by atoms with van der Waals surface area (Å²) in [4.78, 5) is 205. The predicted molar refractivity (Wildman–Crippen MR) is 362 cm³/mol. The molecular weight excluding hydrogens is 1370 g/mol. The van der Waals surface area contributed by atoms with Crippen LogP contribution in [0.3, 0.4) is 0 Å². The van der Waals surface area contributed by atoms with E-state index in [1.54, 1.807) is 41.5 Å². The van der Waals surface area contributed by atoms with Gasteiger partial charge in [0, 0.05) is 122 Å². The summed E-state index contributed by atoms with van der Waals surface area (Å²) in [5, 5.41) is 98.2. The molecule has 14 N–H and O–H groups in total. The van der Waals surface area contributed by atoms with Crippen LogP contribution in [0.2, 0.25) is 10.1 Å². The Labute approximate surface area is 591 Å². The lowest BCUT2D eigenvalue weighted by Gasteiger charge is -2.44. The van der Waals surface area contributed by atoms with Crippen molar-refractivity contribution in [3.63, 3.8) is 0 Å². The van der Waals surface area contributed by atoms with Crippen LogP contribution >= 0.6 is 0 Å². The van der Waals surface area contributed by atoms with Crippen LogP contribution in [0.25, 0.3) is 0 Å². The van der Waals surface area contributed by atoms with Crippen LogP contribution in [0.15, 0.2) is 24.3 Å². The van der Waals surface area contributed by atoms with E-state index >= 15 is 4.11 Å². The van der Waals surface area contributed by atoms with E-state index in [1.807, 2.05) is 0 Å². The standard InChI is InChI=1S/C66H102FN9O25Si/c1-65(2,3)102(67,66(4,5)6)46-19-14-41(15-20-46)58(90)72-49(37-69-52(80)24-21-50(64(100)101)76-33-31-74(39-56(86)87)29-27-73(38-55(84)85)28-30-75(32-34-76)40-57(88)89)59(91)71-48(63(98)99)13-9-10-26-68-51(79)23-18-44(77)11-7-8-12-47(62(96)97)70-53(81)22-16-42(60(92)93)35-45(78)36-43(61(94)95)17-25-54(82)83/h14-15,19-20,42-43,47-50H,7-13,16-18,21-40H2,1-6H3,(H,68,79)(H,69,80)(H,70,81)(H,71,91)(H,72,90)(H,82,83)(H,84,85)(H,86,87)(H,88,89)(H,92,93)(H,94,95)(H,96,97)(H,98,99)(H,100,101)/t42-,43-,47-,48-,49-,50?/m1/s1. The van der Waals surface area contributed by atoms with Crippen molar-refractivity contribution in [2.45, 2.75) is 185 Å². The van der Waals surface area contributed by atoms with E-state index in [9.17, 15) is 118 Å². The zero-order chi connectivity index (χ0) is 77.2. The molecule has 6 atom stereocenters. The van der Waals surface area contributed by atoms with Gasteiger partial charge >= 0.3 is 53.7 Å². The molecule has 36 heteroatoms. The van der Waals surface area contributed by atoms with Gasteiger partial charge in [0.15, 0.2) is 0 Å². The molecule has 0 saturated carbocycles. The van der Waals surface area contributed by atoms with Gasteiger partial charge in [-0.25, -0.2) is 9.59 Å². The maximum absolute atomic E-state index is 17.2.